The van der Waals surface area contributed by atoms with E-state index in [1.165, 1.54) is 32.1 Å². The van der Waals surface area contributed by atoms with Gasteiger partial charge in [0, 0.05) is 0 Å². The maximum Gasteiger partial charge on any atom is 0.322 e. The number of ether oxygens (including phenoxy) is 2. The van der Waals surface area contributed by atoms with Gasteiger partial charge in [-0.25, -0.2) is 0 Å². The van der Waals surface area contributed by atoms with E-state index in [9.17, 15) is 0 Å². The van der Waals surface area contributed by atoms with Crippen LogP contribution in [0.1, 0.15) is 56.9 Å². The van der Waals surface area contributed by atoms with Gasteiger partial charge in [0.15, 0.2) is 0 Å². The summed E-state index contributed by atoms with van der Waals surface area (Å²) in [4.78, 5) is 11.4. The molecule has 0 aliphatic carbocycles. The summed E-state index contributed by atoms with van der Waals surface area (Å²) in [6, 6.07) is 18.0. The van der Waals surface area contributed by atoms with Gasteiger partial charge in [0.1, 0.15) is 5.75 Å². The first-order valence-corrected chi connectivity index (χ1v) is 12.3. The van der Waals surface area contributed by atoms with Gasteiger partial charge in [-0.15, -0.1) is 0 Å². The van der Waals surface area contributed by atoms with Gasteiger partial charge >= 0.3 is 6.01 Å². The SMILES string of the molecule is N#Cc1ccc(-c2ccc(OCCCCCCCCCCOc3nc(Cl)nc(Cl)n3)cc2)cc1. The lowest BCUT2D eigenvalue weighted by Gasteiger charge is -2.08. The van der Waals surface area contributed by atoms with Crippen molar-refractivity contribution in [2.75, 3.05) is 13.2 Å². The van der Waals surface area contributed by atoms with E-state index in [-0.39, 0.29) is 16.6 Å². The Balaban J connectivity index is 1.17. The second kappa shape index (κ2) is 14.4. The Labute approximate surface area is 210 Å². The van der Waals surface area contributed by atoms with Gasteiger partial charge in [0.2, 0.25) is 10.6 Å². The molecule has 0 aliphatic rings. The minimum atomic E-state index is 0.0398. The molecule has 0 amide bonds. The van der Waals surface area contributed by atoms with Crippen LogP contribution in [0.4, 0.5) is 0 Å². The predicted molar refractivity (Wildman–Crippen MR) is 134 cm³/mol. The Bertz CT molecular complexity index is 1030. The van der Waals surface area contributed by atoms with Gasteiger partial charge in [0.05, 0.1) is 24.8 Å². The summed E-state index contributed by atoms with van der Waals surface area (Å²) >= 11 is 11.4. The van der Waals surface area contributed by atoms with Crippen molar-refractivity contribution in [3.05, 3.63) is 64.7 Å². The van der Waals surface area contributed by atoms with Gasteiger partial charge in [-0.05, 0) is 71.4 Å². The highest BCUT2D eigenvalue weighted by Crippen LogP contribution is 2.23. The summed E-state index contributed by atoms with van der Waals surface area (Å²) in [5, 5.41) is 8.98. The van der Waals surface area contributed by atoms with Crippen LogP contribution in [0.3, 0.4) is 0 Å². The van der Waals surface area contributed by atoms with Crippen LogP contribution in [-0.4, -0.2) is 28.2 Å². The summed E-state index contributed by atoms with van der Waals surface area (Å²) in [6.45, 7) is 1.28. The van der Waals surface area contributed by atoms with E-state index in [1.807, 2.05) is 36.4 Å². The summed E-state index contributed by atoms with van der Waals surface area (Å²) in [6.07, 6.45) is 9.14. The maximum absolute atomic E-state index is 8.90. The molecule has 0 atom stereocenters. The molecule has 1 aromatic heterocycles. The van der Waals surface area contributed by atoms with Gasteiger partial charge in [0.25, 0.3) is 0 Å². The minimum Gasteiger partial charge on any atom is -0.494 e. The zero-order chi connectivity index (χ0) is 24.0. The van der Waals surface area contributed by atoms with Crippen molar-refractivity contribution in [2.24, 2.45) is 0 Å². The first kappa shape index (κ1) is 25.7. The standard InChI is InChI=1S/C26H28Cl2N4O2/c27-24-30-25(28)32-26(31-24)34-18-8-6-4-2-1-3-5-7-17-33-23-15-13-22(14-16-23)21-11-9-20(19-29)10-12-21/h9-16H,1-8,17-18H2. The van der Waals surface area contributed by atoms with Crippen LogP contribution in [0.15, 0.2) is 48.5 Å². The highest BCUT2D eigenvalue weighted by atomic mass is 35.5. The number of benzene rings is 2. The first-order chi connectivity index (χ1) is 16.6. The number of rotatable bonds is 14. The zero-order valence-electron chi connectivity index (χ0n) is 19.1. The summed E-state index contributed by atoms with van der Waals surface area (Å²) in [5.41, 5.74) is 2.88. The molecular formula is C26H28Cl2N4O2. The third-order valence-electron chi connectivity index (χ3n) is 5.30. The quantitative estimate of drug-likeness (QED) is 0.217. The van der Waals surface area contributed by atoms with Crippen molar-refractivity contribution < 1.29 is 9.47 Å². The predicted octanol–water partition coefficient (Wildman–Crippen LogP) is 7.30. The molecule has 0 saturated carbocycles. The van der Waals surface area contributed by atoms with Crippen LogP contribution >= 0.6 is 23.2 Å². The molecule has 8 heteroatoms. The van der Waals surface area contributed by atoms with Crippen molar-refractivity contribution in [1.29, 1.82) is 5.26 Å². The Morgan fingerprint density at radius 1 is 0.618 bits per heavy atom. The Morgan fingerprint density at radius 2 is 1.09 bits per heavy atom. The smallest absolute Gasteiger partial charge is 0.322 e. The van der Waals surface area contributed by atoms with E-state index in [0.29, 0.717) is 12.2 Å². The highest BCUT2D eigenvalue weighted by molar-refractivity contribution is 6.31. The van der Waals surface area contributed by atoms with E-state index < -0.39 is 0 Å². The summed E-state index contributed by atoms with van der Waals surface area (Å²) < 4.78 is 11.3. The summed E-state index contributed by atoms with van der Waals surface area (Å²) in [5.74, 6) is 0.890. The Hall–Kier alpha value is -2.88. The van der Waals surface area contributed by atoms with E-state index in [0.717, 1.165) is 42.7 Å². The highest BCUT2D eigenvalue weighted by Gasteiger charge is 2.04. The molecule has 3 rings (SSSR count). The average molecular weight is 499 g/mol. The second-order valence-corrected chi connectivity index (χ2v) is 8.57. The molecule has 0 N–H and O–H groups in total. The normalized spacial score (nSPS) is 10.6. The molecule has 34 heavy (non-hydrogen) atoms. The molecule has 0 unspecified atom stereocenters. The minimum absolute atomic E-state index is 0.0398. The van der Waals surface area contributed by atoms with Crippen molar-refractivity contribution in [2.45, 2.75) is 51.4 Å². The molecule has 0 aliphatic heterocycles. The van der Waals surface area contributed by atoms with Crippen molar-refractivity contribution in [3.8, 4) is 29.0 Å². The van der Waals surface area contributed by atoms with Gasteiger partial charge in [-0.1, -0.05) is 62.8 Å². The van der Waals surface area contributed by atoms with Gasteiger partial charge in [-0.2, -0.15) is 20.2 Å². The fourth-order valence-corrected chi connectivity index (χ4v) is 3.82. The monoisotopic (exact) mass is 498 g/mol. The van der Waals surface area contributed by atoms with Crippen molar-refractivity contribution in [1.82, 2.24) is 15.0 Å². The summed E-state index contributed by atoms with van der Waals surface area (Å²) in [7, 11) is 0. The number of hydrogen-bond acceptors (Lipinski definition) is 6. The third kappa shape index (κ3) is 9.17. The fraction of sp³-hybridized carbons (Fsp3) is 0.385. The maximum atomic E-state index is 8.90. The number of halogens is 2. The zero-order valence-corrected chi connectivity index (χ0v) is 20.6. The lowest BCUT2D eigenvalue weighted by molar-refractivity contribution is 0.280. The van der Waals surface area contributed by atoms with Crippen LogP contribution in [0.2, 0.25) is 10.6 Å². The molecule has 0 radical (unpaired) electrons. The third-order valence-corrected chi connectivity index (χ3v) is 5.64. The van der Waals surface area contributed by atoms with Crippen LogP contribution in [0.25, 0.3) is 11.1 Å². The topological polar surface area (TPSA) is 80.9 Å². The molecule has 3 aromatic rings. The molecule has 0 bridgehead atoms. The molecule has 0 spiro atoms. The van der Waals surface area contributed by atoms with Gasteiger partial charge < -0.3 is 9.47 Å². The van der Waals surface area contributed by atoms with Gasteiger partial charge in [-0.3, -0.25) is 0 Å². The van der Waals surface area contributed by atoms with E-state index in [4.69, 9.17) is 37.9 Å². The van der Waals surface area contributed by atoms with E-state index in [1.54, 1.807) is 0 Å². The van der Waals surface area contributed by atoms with Crippen molar-refractivity contribution in [3.63, 3.8) is 0 Å². The lowest BCUT2D eigenvalue weighted by atomic mass is 10.0. The Morgan fingerprint density at radius 3 is 1.62 bits per heavy atom. The fourth-order valence-electron chi connectivity index (χ4n) is 3.47. The number of unbranched alkanes of at least 4 members (excludes halogenated alkanes) is 7. The molecule has 178 valence electrons. The largest absolute Gasteiger partial charge is 0.494 e. The molecule has 2 aromatic carbocycles. The number of hydrogen-bond donors (Lipinski definition) is 0. The Kier molecular flexibility index (Phi) is 10.9. The van der Waals surface area contributed by atoms with Crippen LogP contribution in [0, 0.1) is 11.3 Å². The average Bonchev–Trinajstić information content (AvgIpc) is 2.84. The van der Waals surface area contributed by atoms with E-state index >= 15 is 0 Å². The van der Waals surface area contributed by atoms with E-state index in [2.05, 4.69) is 33.2 Å². The number of aromatic nitrogens is 3. The molecule has 1 heterocycles. The lowest BCUT2D eigenvalue weighted by Crippen LogP contribution is -2.02. The van der Waals surface area contributed by atoms with Crippen LogP contribution < -0.4 is 9.47 Å². The molecule has 6 nitrogen and oxygen atoms in total. The molecule has 0 fully saturated rings. The molecule has 0 saturated heterocycles. The second-order valence-electron chi connectivity index (χ2n) is 7.89. The van der Waals surface area contributed by atoms with Crippen molar-refractivity contribution >= 4 is 23.2 Å². The van der Waals surface area contributed by atoms with Crippen LogP contribution in [-0.2, 0) is 0 Å². The van der Waals surface area contributed by atoms with Crippen LogP contribution in [0.5, 0.6) is 11.8 Å². The number of nitriles is 1. The molecular weight excluding hydrogens is 471 g/mol. The first-order valence-electron chi connectivity index (χ1n) is 11.6. The number of nitrogens with zero attached hydrogens (tertiary/aromatic N) is 4.